The highest BCUT2D eigenvalue weighted by molar-refractivity contribution is 8.01. The molecule has 1 aromatic carbocycles. The highest BCUT2D eigenvalue weighted by atomic mass is 32.2. The van der Waals surface area contributed by atoms with Crippen molar-refractivity contribution in [2.75, 3.05) is 13.1 Å². The van der Waals surface area contributed by atoms with Crippen LogP contribution in [0.25, 0.3) is 16.7 Å². The molecule has 0 fully saturated rings. The number of nitrogens with zero attached hydrogens (tertiary/aromatic N) is 4. The largest absolute Gasteiger partial charge is 0.355 e. The van der Waals surface area contributed by atoms with E-state index in [0.29, 0.717) is 28.9 Å². The summed E-state index contributed by atoms with van der Waals surface area (Å²) in [6, 6.07) is 9.76. The van der Waals surface area contributed by atoms with Crippen LogP contribution >= 0.6 is 23.5 Å². The third kappa shape index (κ3) is 7.44. The number of carbonyl (C=O) groups excluding carboxylic acids is 2. The van der Waals surface area contributed by atoms with Gasteiger partial charge in [-0.3, -0.25) is 9.59 Å². The molecule has 2 unspecified atom stereocenters. The van der Waals surface area contributed by atoms with Crippen LogP contribution in [0.3, 0.4) is 0 Å². The zero-order chi connectivity index (χ0) is 25.2. The molecule has 2 atom stereocenters. The summed E-state index contributed by atoms with van der Waals surface area (Å²) in [4.78, 5) is 34.7. The predicted octanol–water partition coefficient (Wildman–Crippen LogP) is 4.61. The van der Waals surface area contributed by atoms with Gasteiger partial charge in [0.25, 0.3) is 0 Å². The molecule has 3 rings (SSSR count). The second-order valence-electron chi connectivity index (χ2n) is 8.25. The summed E-state index contributed by atoms with van der Waals surface area (Å²) in [6.45, 7) is 9.23. The number of thioether (sulfide) groups is 2. The average Bonchev–Trinajstić information content (AvgIpc) is 3.29. The Hall–Kier alpha value is -2.59. The fourth-order valence-electron chi connectivity index (χ4n) is 3.26. The summed E-state index contributed by atoms with van der Waals surface area (Å²) in [7, 11) is 0. The Labute approximate surface area is 215 Å². The molecule has 0 bridgehead atoms. The first kappa shape index (κ1) is 27.0. The Balaban J connectivity index is 1.90. The predicted molar refractivity (Wildman–Crippen MR) is 143 cm³/mol. The van der Waals surface area contributed by atoms with Gasteiger partial charge in [0.2, 0.25) is 11.8 Å². The van der Waals surface area contributed by atoms with E-state index >= 15 is 0 Å². The summed E-state index contributed by atoms with van der Waals surface area (Å²) in [5, 5.41) is 11.8. The lowest BCUT2D eigenvalue weighted by Crippen LogP contribution is -2.32. The molecule has 10 heteroatoms. The van der Waals surface area contributed by atoms with Crippen molar-refractivity contribution in [3.8, 4) is 5.69 Å². The first-order valence-corrected chi connectivity index (χ1v) is 13.9. The maximum atomic E-state index is 12.6. The van der Waals surface area contributed by atoms with E-state index in [9.17, 15) is 9.59 Å². The van der Waals surface area contributed by atoms with E-state index in [-0.39, 0.29) is 22.3 Å². The fourth-order valence-corrected chi connectivity index (χ4v) is 5.04. The minimum atomic E-state index is -0.356. The maximum absolute atomic E-state index is 12.6. The van der Waals surface area contributed by atoms with Crippen molar-refractivity contribution < 1.29 is 9.59 Å². The van der Waals surface area contributed by atoms with Crippen molar-refractivity contribution in [3.63, 3.8) is 0 Å². The number of hydrogen-bond donors (Lipinski definition) is 2. The molecule has 2 heterocycles. The van der Waals surface area contributed by atoms with Gasteiger partial charge in [-0.15, -0.1) is 0 Å². The van der Waals surface area contributed by atoms with Crippen molar-refractivity contribution >= 4 is 46.4 Å². The lowest BCUT2D eigenvalue weighted by molar-refractivity contribution is -0.121. The van der Waals surface area contributed by atoms with Gasteiger partial charge < -0.3 is 10.6 Å². The first-order valence-electron chi connectivity index (χ1n) is 12.1. The summed E-state index contributed by atoms with van der Waals surface area (Å²) in [5.74, 6) is -0.0647. The molecule has 2 aromatic heterocycles. The van der Waals surface area contributed by atoms with Crippen molar-refractivity contribution in [1.82, 2.24) is 30.4 Å². The van der Waals surface area contributed by atoms with Gasteiger partial charge in [0.05, 0.1) is 27.8 Å². The van der Waals surface area contributed by atoms with Gasteiger partial charge in [-0.25, -0.2) is 14.6 Å². The quantitative estimate of drug-likeness (QED) is 0.149. The van der Waals surface area contributed by atoms with Gasteiger partial charge in [-0.05, 0) is 38.8 Å². The monoisotopic (exact) mass is 514 g/mol. The molecule has 3 aromatic rings. The molecule has 0 aliphatic rings. The van der Waals surface area contributed by atoms with Gasteiger partial charge in [0.15, 0.2) is 10.8 Å². The number of nitrogens with one attached hydrogen (secondary N) is 2. The number of hydrogen-bond acceptors (Lipinski definition) is 7. The molecule has 0 radical (unpaired) electrons. The summed E-state index contributed by atoms with van der Waals surface area (Å²) in [5.41, 5.74) is 1.53. The number of unbranched alkanes of at least 4 members (excludes halogenated alkanes) is 2. The van der Waals surface area contributed by atoms with E-state index in [4.69, 9.17) is 9.97 Å². The molecule has 0 saturated carbocycles. The number of fused-ring (bicyclic) bond motifs is 1. The number of aromatic nitrogens is 4. The van der Waals surface area contributed by atoms with Gasteiger partial charge in [0, 0.05) is 13.1 Å². The van der Waals surface area contributed by atoms with Gasteiger partial charge in [-0.2, -0.15) is 5.10 Å². The zero-order valence-corrected chi connectivity index (χ0v) is 22.4. The molecule has 0 aliphatic carbocycles. The van der Waals surface area contributed by atoms with E-state index in [0.717, 1.165) is 36.8 Å². The Morgan fingerprint density at radius 1 is 0.914 bits per heavy atom. The van der Waals surface area contributed by atoms with E-state index in [1.165, 1.54) is 23.5 Å². The van der Waals surface area contributed by atoms with E-state index in [2.05, 4.69) is 29.6 Å². The smallest absolute Gasteiger partial charge is 0.233 e. The molecule has 0 spiro atoms. The van der Waals surface area contributed by atoms with Crippen molar-refractivity contribution in [2.24, 2.45) is 0 Å². The fraction of sp³-hybridized carbons (Fsp3) is 0.480. The molecule has 35 heavy (non-hydrogen) atoms. The molecule has 0 saturated heterocycles. The summed E-state index contributed by atoms with van der Waals surface area (Å²) < 4.78 is 1.77. The second-order valence-corrected chi connectivity index (χ2v) is 10.9. The molecule has 0 aliphatic heterocycles. The van der Waals surface area contributed by atoms with Crippen LogP contribution in [0.15, 0.2) is 46.7 Å². The molecule has 188 valence electrons. The first-order chi connectivity index (χ1) is 16.9. The molecule has 2 amide bonds. The topological polar surface area (TPSA) is 102 Å². The average molecular weight is 515 g/mol. The lowest BCUT2D eigenvalue weighted by Gasteiger charge is -2.14. The van der Waals surface area contributed by atoms with E-state index in [1.54, 1.807) is 10.9 Å². The van der Waals surface area contributed by atoms with E-state index in [1.807, 2.05) is 44.2 Å². The highest BCUT2D eigenvalue weighted by Crippen LogP contribution is 2.32. The van der Waals surface area contributed by atoms with Gasteiger partial charge in [-0.1, -0.05) is 68.4 Å². The standard InChI is InChI=1S/C25H34N6O2S2/c1-5-7-14-26-22(32)17(3)34-24-20-16-28-31(19-12-10-9-11-13-19)21(20)29-25(30-24)35-18(4)23(33)27-15-8-6-2/h9-13,16-18H,5-8,14-15H2,1-4H3,(H,26,32)(H,27,33). The number of benzene rings is 1. The number of amides is 2. The molecule has 2 N–H and O–H groups in total. The van der Waals surface area contributed by atoms with Crippen LogP contribution in [0.5, 0.6) is 0 Å². The Kier molecular flexibility index (Phi) is 10.4. The summed E-state index contributed by atoms with van der Waals surface area (Å²) >= 11 is 2.69. The van der Waals surface area contributed by atoms with Crippen molar-refractivity contribution in [2.45, 2.75) is 74.1 Å². The Bertz CT molecular complexity index is 1120. The maximum Gasteiger partial charge on any atom is 0.233 e. The third-order valence-corrected chi connectivity index (χ3v) is 7.41. The SMILES string of the molecule is CCCCNC(=O)C(C)Sc1nc(SC(C)C(=O)NCCCC)c2cnn(-c3ccccc3)c2n1. The van der Waals surface area contributed by atoms with Crippen molar-refractivity contribution in [1.29, 1.82) is 0 Å². The third-order valence-electron chi connectivity index (χ3n) is 5.34. The number of carbonyl (C=O) groups is 2. The Morgan fingerprint density at radius 2 is 1.51 bits per heavy atom. The van der Waals surface area contributed by atoms with Gasteiger partial charge >= 0.3 is 0 Å². The molecular formula is C25H34N6O2S2. The van der Waals surface area contributed by atoms with Crippen LogP contribution in [0, 0.1) is 0 Å². The zero-order valence-electron chi connectivity index (χ0n) is 20.8. The van der Waals surface area contributed by atoms with Crippen LogP contribution in [0.1, 0.15) is 53.4 Å². The lowest BCUT2D eigenvalue weighted by atomic mass is 10.3. The normalized spacial score (nSPS) is 12.9. The Morgan fingerprint density at radius 3 is 2.11 bits per heavy atom. The van der Waals surface area contributed by atoms with Crippen LogP contribution in [0.2, 0.25) is 0 Å². The number of para-hydroxylation sites is 1. The molecular weight excluding hydrogens is 480 g/mol. The van der Waals surface area contributed by atoms with Crippen molar-refractivity contribution in [3.05, 3.63) is 36.5 Å². The van der Waals surface area contributed by atoms with Crippen LogP contribution < -0.4 is 10.6 Å². The van der Waals surface area contributed by atoms with Crippen LogP contribution in [0.4, 0.5) is 0 Å². The minimum absolute atomic E-state index is 0.0245. The highest BCUT2D eigenvalue weighted by Gasteiger charge is 2.22. The van der Waals surface area contributed by atoms with Crippen LogP contribution in [-0.4, -0.2) is 55.2 Å². The second kappa shape index (κ2) is 13.5. The van der Waals surface area contributed by atoms with Crippen LogP contribution in [-0.2, 0) is 9.59 Å². The number of rotatable bonds is 13. The van der Waals surface area contributed by atoms with Gasteiger partial charge in [0.1, 0.15) is 5.03 Å². The minimum Gasteiger partial charge on any atom is -0.355 e. The molecule has 8 nitrogen and oxygen atoms in total. The summed E-state index contributed by atoms with van der Waals surface area (Å²) in [6.07, 6.45) is 5.68. The van der Waals surface area contributed by atoms with E-state index < -0.39 is 0 Å².